The molecule has 4 fully saturated rings. The molecule has 5 atom stereocenters. The molecular weight excluding hydrogens is 546 g/mol. The van der Waals surface area contributed by atoms with Crippen molar-refractivity contribution in [1.29, 1.82) is 0 Å². The van der Waals surface area contributed by atoms with E-state index in [1.807, 2.05) is 0 Å². The quantitative estimate of drug-likeness (QED) is 0.374. The maximum Gasteiger partial charge on any atom is 0.356 e. The Morgan fingerprint density at radius 3 is 2.17 bits per heavy atom. The van der Waals surface area contributed by atoms with Crippen molar-refractivity contribution in [3.63, 3.8) is 0 Å². The number of nitrogens with zero attached hydrogens (tertiary/aromatic N) is 3. The van der Waals surface area contributed by atoms with E-state index in [0.29, 0.717) is 45.2 Å². The Bertz CT molecular complexity index is 1230. The molecular formula is C29H37N5O8. The van der Waals surface area contributed by atoms with Crippen LogP contribution in [0.3, 0.4) is 0 Å². The number of carbonyl (C=O) groups is 6. The summed E-state index contributed by atoms with van der Waals surface area (Å²) in [6.45, 7) is 2.05. The highest BCUT2D eigenvalue weighted by Crippen LogP contribution is 2.26. The summed E-state index contributed by atoms with van der Waals surface area (Å²) in [6.07, 6.45) is 3.81. The molecule has 0 aliphatic carbocycles. The van der Waals surface area contributed by atoms with Crippen LogP contribution in [-0.2, 0) is 33.5 Å². The minimum Gasteiger partial charge on any atom is -0.462 e. The van der Waals surface area contributed by atoms with Crippen molar-refractivity contribution in [3.8, 4) is 0 Å². The molecule has 0 spiro atoms. The van der Waals surface area contributed by atoms with Crippen LogP contribution in [0.15, 0.2) is 30.3 Å². The first kappa shape index (κ1) is 29.5. The van der Waals surface area contributed by atoms with Crippen molar-refractivity contribution >= 4 is 35.6 Å². The van der Waals surface area contributed by atoms with E-state index in [2.05, 4.69) is 10.8 Å². The molecule has 13 nitrogen and oxygen atoms in total. The van der Waals surface area contributed by atoms with Crippen LogP contribution in [0.4, 0.5) is 0 Å². The highest BCUT2D eigenvalue weighted by atomic mass is 16.7. The smallest absolute Gasteiger partial charge is 0.356 e. The van der Waals surface area contributed by atoms with Gasteiger partial charge in [0, 0.05) is 19.6 Å². The van der Waals surface area contributed by atoms with E-state index < -0.39 is 66.5 Å². The summed E-state index contributed by atoms with van der Waals surface area (Å²) in [4.78, 5) is 89.7. The van der Waals surface area contributed by atoms with Gasteiger partial charge in [-0.2, -0.15) is 0 Å². The second-order valence-corrected chi connectivity index (χ2v) is 11.2. The van der Waals surface area contributed by atoms with Crippen LogP contribution < -0.4 is 10.8 Å². The Balaban J connectivity index is 1.43. The van der Waals surface area contributed by atoms with Crippen LogP contribution in [0.25, 0.3) is 0 Å². The second-order valence-electron chi connectivity index (χ2n) is 11.2. The number of amides is 4. The zero-order chi connectivity index (χ0) is 29.8. The molecule has 4 aliphatic heterocycles. The Morgan fingerprint density at radius 2 is 1.43 bits per heavy atom. The number of hydrogen-bond donors (Lipinski definition) is 2. The Hall–Kier alpha value is -4.00. The third-order valence-electron chi connectivity index (χ3n) is 8.44. The molecule has 13 heteroatoms. The average Bonchev–Trinajstić information content (AvgIpc) is 3.70. The molecule has 42 heavy (non-hydrogen) atoms. The minimum atomic E-state index is -1.30. The number of carbonyl (C=O) groups excluding carboxylic acids is 6. The van der Waals surface area contributed by atoms with Crippen molar-refractivity contribution in [2.24, 2.45) is 0 Å². The summed E-state index contributed by atoms with van der Waals surface area (Å²) in [5.74, 6) is -3.21. The number of cyclic esters (lactones) is 1. The summed E-state index contributed by atoms with van der Waals surface area (Å²) in [7, 11) is 0. The van der Waals surface area contributed by atoms with E-state index in [1.54, 1.807) is 37.3 Å². The van der Waals surface area contributed by atoms with E-state index in [9.17, 15) is 28.8 Å². The molecule has 4 saturated heterocycles. The fraction of sp³-hybridized carbons (Fsp3) is 0.586. The van der Waals surface area contributed by atoms with Gasteiger partial charge < -0.3 is 29.6 Å². The van der Waals surface area contributed by atoms with E-state index in [4.69, 9.17) is 9.57 Å². The topological polar surface area (TPSA) is 155 Å². The van der Waals surface area contributed by atoms with Crippen LogP contribution >= 0.6 is 0 Å². The van der Waals surface area contributed by atoms with Crippen LogP contribution in [0.1, 0.15) is 62.2 Å². The molecule has 1 aromatic rings. The van der Waals surface area contributed by atoms with Crippen LogP contribution in [0.2, 0.25) is 0 Å². The number of hydroxylamine groups is 1. The van der Waals surface area contributed by atoms with Gasteiger partial charge in [0.25, 0.3) is 0 Å². The molecule has 2 N–H and O–H groups in total. The Labute approximate surface area is 243 Å². The van der Waals surface area contributed by atoms with Gasteiger partial charge in [-0.3, -0.25) is 19.2 Å². The van der Waals surface area contributed by atoms with Gasteiger partial charge in [-0.15, -0.1) is 5.48 Å². The molecule has 4 amide bonds. The Morgan fingerprint density at radius 1 is 0.810 bits per heavy atom. The Kier molecular flexibility index (Phi) is 9.05. The molecule has 5 rings (SSSR count). The molecule has 4 heterocycles. The zero-order valence-corrected chi connectivity index (χ0v) is 23.7. The van der Waals surface area contributed by atoms with Crippen molar-refractivity contribution in [2.75, 3.05) is 26.2 Å². The highest BCUT2D eigenvalue weighted by Gasteiger charge is 2.45. The van der Waals surface area contributed by atoms with Crippen molar-refractivity contribution in [2.45, 2.75) is 82.1 Å². The molecule has 226 valence electrons. The number of fused-ring (bicyclic) bond motifs is 3. The first-order chi connectivity index (χ1) is 20.3. The predicted molar refractivity (Wildman–Crippen MR) is 146 cm³/mol. The van der Waals surface area contributed by atoms with E-state index in [1.165, 1.54) is 14.7 Å². The largest absolute Gasteiger partial charge is 0.462 e. The fourth-order valence-corrected chi connectivity index (χ4v) is 6.22. The lowest BCUT2D eigenvalue weighted by atomic mass is 9.99. The summed E-state index contributed by atoms with van der Waals surface area (Å²) in [6, 6.07) is 3.51. The highest BCUT2D eigenvalue weighted by molar-refractivity contribution is 5.96. The predicted octanol–water partition coefficient (Wildman–Crippen LogP) is 0.141. The zero-order valence-electron chi connectivity index (χ0n) is 23.7. The van der Waals surface area contributed by atoms with E-state index >= 15 is 0 Å². The van der Waals surface area contributed by atoms with Gasteiger partial charge >= 0.3 is 11.9 Å². The van der Waals surface area contributed by atoms with E-state index in [-0.39, 0.29) is 18.0 Å². The standard InChI is InChI=1S/C29H37N5O8/c1-18-25(36)34-16-8-13-23(34)29(40)41-17-20(31-42-28(39)19-9-3-2-4-10-19)26(37)33-15-7-12-22(33)27(38)32-14-6-5-11-21(32)24(35)30-18/h2-4,9-10,18,20-23,31H,5-8,11-17H2,1H3,(H,30,35)/t18-,20-,21-,22-,23-/m0/s1. The molecule has 1 aromatic carbocycles. The first-order valence-corrected chi connectivity index (χ1v) is 14.7. The number of hydrogen-bond acceptors (Lipinski definition) is 9. The van der Waals surface area contributed by atoms with Gasteiger partial charge in [-0.25, -0.2) is 9.59 Å². The normalized spacial score (nSPS) is 29.4. The third kappa shape index (κ3) is 6.10. The summed E-state index contributed by atoms with van der Waals surface area (Å²) in [5.41, 5.74) is 2.72. The third-order valence-corrected chi connectivity index (χ3v) is 8.44. The van der Waals surface area contributed by atoms with Crippen molar-refractivity contribution in [3.05, 3.63) is 35.9 Å². The fourth-order valence-electron chi connectivity index (χ4n) is 6.22. The second kappa shape index (κ2) is 12.9. The molecule has 0 saturated carbocycles. The summed E-state index contributed by atoms with van der Waals surface area (Å²) < 4.78 is 5.53. The van der Waals surface area contributed by atoms with Gasteiger partial charge in [0.1, 0.15) is 30.8 Å². The molecule has 0 radical (unpaired) electrons. The van der Waals surface area contributed by atoms with E-state index in [0.717, 1.165) is 12.8 Å². The van der Waals surface area contributed by atoms with Crippen LogP contribution in [-0.4, -0.2) is 107 Å². The lowest BCUT2D eigenvalue weighted by Gasteiger charge is -2.39. The monoisotopic (exact) mass is 583 g/mol. The molecule has 0 unspecified atom stereocenters. The van der Waals surface area contributed by atoms with Gasteiger partial charge in [0.15, 0.2) is 6.04 Å². The SMILES string of the molecule is C[C@@H]1NC(=O)[C@@H]2CCCCN2C(=O)[C@@H]2CCCN2C(=O)[C@@H](NOC(=O)c2ccccc2)COC(=O)[C@@H]2CCCN2C1=O. The number of piperidine rings is 1. The lowest BCUT2D eigenvalue weighted by Crippen LogP contribution is -2.61. The number of benzene rings is 1. The van der Waals surface area contributed by atoms with Gasteiger partial charge in [-0.05, 0) is 64.0 Å². The first-order valence-electron chi connectivity index (χ1n) is 14.7. The van der Waals surface area contributed by atoms with Crippen LogP contribution in [0.5, 0.6) is 0 Å². The van der Waals surface area contributed by atoms with Crippen molar-refractivity contribution < 1.29 is 38.3 Å². The number of ether oxygens (including phenoxy) is 1. The maximum absolute atomic E-state index is 13.8. The van der Waals surface area contributed by atoms with Gasteiger partial charge in [-0.1, -0.05) is 18.2 Å². The number of esters is 1. The lowest BCUT2D eigenvalue weighted by molar-refractivity contribution is -0.159. The van der Waals surface area contributed by atoms with Crippen molar-refractivity contribution in [1.82, 2.24) is 25.5 Å². The number of nitrogens with one attached hydrogen (secondary N) is 2. The molecule has 0 bridgehead atoms. The summed E-state index contributed by atoms with van der Waals surface area (Å²) in [5, 5.41) is 2.76. The van der Waals surface area contributed by atoms with Crippen LogP contribution in [0, 0.1) is 0 Å². The average molecular weight is 584 g/mol. The maximum atomic E-state index is 13.8. The minimum absolute atomic E-state index is 0.250. The number of rotatable bonds is 3. The summed E-state index contributed by atoms with van der Waals surface area (Å²) >= 11 is 0. The van der Waals surface area contributed by atoms with Gasteiger partial charge in [0.2, 0.25) is 23.6 Å². The molecule has 4 aliphatic rings. The molecule has 0 aromatic heterocycles. The van der Waals surface area contributed by atoms with Gasteiger partial charge in [0.05, 0.1) is 5.56 Å².